The lowest BCUT2D eigenvalue weighted by molar-refractivity contribution is -0.128. The summed E-state index contributed by atoms with van der Waals surface area (Å²) in [6, 6.07) is 0. The minimum Gasteiger partial charge on any atom is -0.356 e. The Morgan fingerprint density at radius 3 is 2.04 bits per heavy atom. The van der Waals surface area contributed by atoms with Crippen LogP contribution in [0.4, 0.5) is 0 Å². The number of rotatable bonds is 13. The van der Waals surface area contributed by atoms with E-state index in [2.05, 4.69) is 19.2 Å². The number of hydrogen-bond acceptors (Lipinski definition) is 4. The second-order valence-electron chi connectivity index (χ2n) is 7.28. The number of Topliss-reactive ketones (excluding diaryl/α,β-unsaturated/α-hetero) is 2. The third-order valence-corrected chi connectivity index (χ3v) is 4.38. The van der Waals surface area contributed by atoms with E-state index in [-0.39, 0.29) is 35.7 Å². The first-order valence-electron chi connectivity index (χ1n) is 9.28. The second kappa shape index (κ2) is 11.3. The molecule has 0 saturated carbocycles. The van der Waals surface area contributed by atoms with E-state index in [0.717, 1.165) is 25.7 Å². The summed E-state index contributed by atoms with van der Waals surface area (Å²) in [5, 5.41) is 2.77. The fourth-order valence-corrected chi connectivity index (χ4v) is 2.94. The predicted molar refractivity (Wildman–Crippen MR) is 97.6 cm³/mol. The molecule has 5 nitrogen and oxygen atoms in total. The molecule has 0 aliphatic heterocycles. The molecule has 1 atom stereocenters. The third kappa shape index (κ3) is 8.57. The Kier molecular flexibility index (Phi) is 10.8. The van der Waals surface area contributed by atoms with Gasteiger partial charge in [0, 0.05) is 31.2 Å². The monoisotopic (exact) mass is 340 g/mol. The molecular formula is C19H36N2O3. The fraction of sp³-hybridized carbons (Fsp3) is 0.842. The van der Waals surface area contributed by atoms with Crippen LogP contribution in [0.3, 0.4) is 0 Å². The van der Waals surface area contributed by atoms with E-state index in [1.54, 1.807) is 6.92 Å². The van der Waals surface area contributed by atoms with Gasteiger partial charge in [-0.2, -0.15) is 0 Å². The van der Waals surface area contributed by atoms with Crippen molar-refractivity contribution in [1.82, 2.24) is 5.32 Å². The third-order valence-electron chi connectivity index (χ3n) is 4.38. The Morgan fingerprint density at radius 1 is 1.04 bits per heavy atom. The lowest BCUT2D eigenvalue weighted by Crippen LogP contribution is -2.49. The fourth-order valence-electron chi connectivity index (χ4n) is 2.94. The van der Waals surface area contributed by atoms with Crippen LogP contribution in [-0.4, -0.2) is 29.6 Å². The van der Waals surface area contributed by atoms with Crippen molar-refractivity contribution in [1.29, 1.82) is 0 Å². The smallest absolute Gasteiger partial charge is 0.220 e. The van der Waals surface area contributed by atoms with Crippen LogP contribution in [0, 0.1) is 11.8 Å². The van der Waals surface area contributed by atoms with Gasteiger partial charge in [-0.05, 0) is 26.2 Å². The molecule has 0 bridgehead atoms. The Bertz CT molecular complexity index is 411. The van der Waals surface area contributed by atoms with Gasteiger partial charge >= 0.3 is 0 Å². The standard InChI is InChI=1S/C19H36N2O3/c1-6-8-15(9-7-2)16(22)10-11-17(23)21-13-12-19(5,20)18(24)14(3)4/h14-15H,6-13,20H2,1-5H3,(H,21,23). The first-order chi connectivity index (χ1) is 11.2. The largest absolute Gasteiger partial charge is 0.356 e. The maximum absolute atomic E-state index is 12.2. The zero-order chi connectivity index (χ0) is 18.8. The highest BCUT2D eigenvalue weighted by Gasteiger charge is 2.29. The van der Waals surface area contributed by atoms with Crippen LogP contribution in [0.25, 0.3) is 0 Å². The van der Waals surface area contributed by atoms with Crippen LogP contribution in [0.5, 0.6) is 0 Å². The average molecular weight is 341 g/mol. The number of nitrogens with two attached hydrogens (primary N) is 1. The first kappa shape index (κ1) is 22.8. The van der Waals surface area contributed by atoms with E-state index < -0.39 is 5.54 Å². The summed E-state index contributed by atoms with van der Waals surface area (Å²) in [6.07, 6.45) is 4.68. The molecule has 0 saturated heterocycles. The topological polar surface area (TPSA) is 89.3 Å². The number of carbonyl (C=O) groups is 3. The van der Waals surface area contributed by atoms with Gasteiger partial charge in [0.1, 0.15) is 5.78 Å². The molecule has 140 valence electrons. The summed E-state index contributed by atoms with van der Waals surface area (Å²) in [7, 11) is 0. The molecule has 0 aromatic rings. The molecular weight excluding hydrogens is 304 g/mol. The van der Waals surface area contributed by atoms with Gasteiger partial charge < -0.3 is 11.1 Å². The van der Waals surface area contributed by atoms with Crippen LogP contribution in [0.2, 0.25) is 0 Å². The van der Waals surface area contributed by atoms with Crippen LogP contribution in [0.1, 0.15) is 79.6 Å². The van der Waals surface area contributed by atoms with E-state index in [4.69, 9.17) is 5.73 Å². The lowest BCUT2D eigenvalue weighted by Gasteiger charge is -2.25. The number of carbonyl (C=O) groups excluding carboxylic acids is 3. The number of amides is 1. The average Bonchev–Trinajstić information content (AvgIpc) is 2.51. The molecule has 0 rings (SSSR count). The van der Waals surface area contributed by atoms with Gasteiger partial charge in [0.2, 0.25) is 5.91 Å². The molecule has 0 spiro atoms. The number of hydrogen-bond donors (Lipinski definition) is 2. The van der Waals surface area contributed by atoms with Crippen LogP contribution < -0.4 is 11.1 Å². The van der Waals surface area contributed by atoms with Crippen molar-refractivity contribution in [2.75, 3.05) is 6.54 Å². The van der Waals surface area contributed by atoms with Crippen molar-refractivity contribution < 1.29 is 14.4 Å². The van der Waals surface area contributed by atoms with Crippen LogP contribution in [0.15, 0.2) is 0 Å². The molecule has 0 aromatic heterocycles. The van der Waals surface area contributed by atoms with Gasteiger partial charge in [-0.15, -0.1) is 0 Å². The molecule has 24 heavy (non-hydrogen) atoms. The molecule has 1 unspecified atom stereocenters. The summed E-state index contributed by atoms with van der Waals surface area (Å²) >= 11 is 0. The quantitative estimate of drug-likeness (QED) is 0.539. The Hall–Kier alpha value is -1.23. The van der Waals surface area contributed by atoms with Crippen molar-refractivity contribution in [2.24, 2.45) is 17.6 Å². The lowest BCUT2D eigenvalue weighted by atomic mass is 9.87. The number of nitrogens with one attached hydrogen (secondary N) is 1. The summed E-state index contributed by atoms with van der Waals surface area (Å²) in [5.74, 6) is -0.00419. The summed E-state index contributed by atoms with van der Waals surface area (Å²) in [5.41, 5.74) is 5.10. The van der Waals surface area contributed by atoms with E-state index in [9.17, 15) is 14.4 Å². The Labute approximate surface area is 147 Å². The first-order valence-corrected chi connectivity index (χ1v) is 9.28. The second-order valence-corrected chi connectivity index (χ2v) is 7.28. The molecule has 3 N–H and O–H groups in total. The molecule has 0 aliphatic carbocycles. The molecule has 0 aliphatic rings. The van der Waals surface area contributed by atoms with E-state index in [0.29, 0.717) is 19.4 Å². The Morgan fingerprint density at radius 2 is 1.58 bits per heavy atom. The van der Waals surface area contributed by atoms with Gasteiger partial charge in [0.25, 0.3) is 0 Å². The van der Waals surface area contributed by atoms with Gasteiger partial charge in [-0.3, -0.25) is 14.4 Å². The maximum atomic E-state index is 12.2. The molecule has 0 radical (unpaired) electrons. The molecule has 0 heterocycles. The van der Waals surface area contributed by atoms with Crippen molar-refractivity contribution in [3.05, 3.63) is 0 Å². The minimum absolute atomic E-state index is 0.00565. The summed E-state index contributed by atoms with van der Waals surface area (Å²) < 4.78 is 0. The van der Waals surface area contributed by atoms with E-state index in [1.165, 1.54) is 0 Å². The highest BCUT2D eigenvalue weighted by Crippen LogP contribution is 2.17. The summed E-state index contributed by atoms with van der Waals surface area (Å²) in [4.78, 5) is 36.0. The number of ketones is 2. The van der Waals surface area contributed by atoms with Gasteiger partial charge in [-0.1, -0.05) is 40.5 Å². The van der Waals surface area contributed by atoms with Crippen LogP contribution in [-0.2, 0) is 14.4 Å². The molecule has 0 fully saturated rings. The Balaban J connectivity index is 4.18. The van der Waals surface area contributed by atoms with E-state index >= 15 is 0 Å². The van der Waals surface area contributed by atoms with Crippen LogP contribution >= 0.6 is 0 Å². The van der Waals surface area contributed by atoms with Gasteiger partial charge in [0.15, 0.2) is 5.78 Å². The van der Waals surface area contributed by atoms with Gasteiger partial charge in [0.05, 0.1) is 5.54 Å². The zero-order valence-electron chi connectivity index (χ0n) is 16.1. The maximum Gasteiger partial charge on any atom is 0.220 e. The zero-order valence-corrected chi connectivity index (χ0v) is 16.1. The summed E-state index contributed by atoms with van der Waals surface area (Å²) in [6.45, 7) is 9.84. The van der Waals surface area contributed by atoms with E-state index in [1.807, 2.05) is 13.8 Å². The minimum atomic E-state index is -0.926. The van der Waals surface area contributed by atoms with Gasteiger partial charge in [-0.25, -0.2) is 0 Å². The normalized spacial score (nSPS) is 13.8. The molecule has 5 heteroatoms. The van der Waals surface area contributed by atoms with Crippen molar-refractivity contribution in [3.63, 3.8) is 0 Å². The van der Waals surface area contributed by atoms with Crippen molar-refractivity contribution in [2.45, 2.75) is 85.1 Å². The highest BCUT2D eigenvalue weighted by atomic mass is 16.2. The van der Waals surface area contributed by atoms with Crippen molar-refractivity contribution in [3.8, 4) is 0 Å². The predicted octanol–water partition coefficient (Wildman–Crippen LogP) is 3.00. The SMILES string of the molecule is CCCC(CCC)C(=O)CCC(=O)NCCC(C)(N)C(=O)C(C)C. The van der Waals surface area contributed by atoms with Crippen molar-refractivity contribution >= 4 is 17.5 Å². The highest BCUT2D eigenvalue weighted by molar-refractivity contribution is 5.89. The molecule has 1 amide bonds. The molecule has 0 aromatic carbocycles.